The van der Waals surface area contributed by atoms with Crippen molar-refractivity contribution in [1.82, 2.24) is 87.1 Å². The number of Topliss-reactive ketones (excluding diaryl/α,β-unsaturated/α-hetero) is 4. The first-order chi connectivity index (χ1) is 67.5. The summed E-state index contributed by atoms with van der Waals surface area (Å²) < 4.78 is 21.9. The monoisotopic (exact) mass is 1870 g/mol. The number of methoxy groups -OCH3 is 2. The number of benzene rings is 6. The Morgan fingerprint density at radius 1 is 0.384 bits per heavy atom. The van der Waals surface area contributed by atoms with Crippen molar-refractivity contribution in [2.24, 2.45) is 23.7 Å². The fraction of sp³-hybridized carbons (Fsp3) is 0.423. The number of imidazole rings is 6. The molecule has 2 amide bonds. The number of aryl methyl sites for hydroxylation is 11. The van der Waals surface area contributed by atoms with Crippen molar-refractivity contribution in [1.29, 1.82) is 0 Å². The highest BCUT2D eigenvalue weighted by Crippen LogP contribution is 2.39. The van der Waals surface area contributed by atoms with Gasteiger partial charge in [-0.25, -0.2) is 39.5 Å². The molecule has 12 aromatic rings. The summed E-state index contributed by atoms with van der Waals surface area (Å²) in [4.78, 5) is 108. The molecule has 2 N–H and O–H groups in total. The Kier molecular flexibility index (Phi) is 38.1. The van der Waals surface area contributed by atoms with E-state index in [1.165, 1.54) is 81.3 Å². The zero-order valence-corrected chi connectivity index (χ0v) is 81.4. The molecule has 0 saturated carbocycles. The standard InChI is InChI=1S/C19H23N3O3.C19H23N3O.C18H23N3O.C18H21N3.C17H21N3O.C11H12N2.C9H15NO3/c1-25-19(24)22-12-8-16(9-13-22)17(23)18-20-10-14-21(18)11-7-15-5-3-2-4-6-15;1-21-9-6-15(7-10-21)18-17-5-3-2-4-14(17)8-11-22-16(13-23)12-20-19(18)22;1-20-11-8-16(9-12-20)17(22)18-19-10-14-21(18)13-7-15-5-3-2-4-6-15;1-20-10-6-15(7-11-20)17-16-5-3-2-4-14(16)8-12-21-13-9-19-18(17)21;21-16(15-6-9-18-10-7-15)17-19-11-13-20(17)12-8-14-4-2-1-3-5-14;1-2-4-11(5-3-1)6-8-13-9-7-12-10-13;1-7(11)8-3-5-10(6-4-8)9(12)13-2/h2-6,10,14,16H,7-9,11-13H2,1H3;2-5,12,23H,6-11,13H2,1H3;2-6,10,14,16H,7-9,11-13H2,1H3;2-5,9,13H,6-8,10-12H2,1H3;1-5,11,13,15,18H,6-10,12H2;1-5,7,9-10H,6,8H2;8H,3-6H2,1-2H3. The minimum atomic E-state index is -0.324. The predicted octanol–water partition coefficient (Wildman–Crippen LogP) is 16.4. The van der Waals surface area contributed by atoms with Crippen LogP contribution in [-0.2, 0) is 98.7 Å². The lowest BCUT2D eigenvalue weighted by Crippen LogP contribution is -2.40. The number of nitrogens with one attached hydrogen (secondary N) is 1. The Hall–Kier alpha value is -12.9. The van der Waals surface area contributed by atoms with E-state index >= 15 is 0 Å². The zero-order chi connectivity index (χ0) is 96.3. The number of hydrogen-bond acceptors (Lipinski definition) is 19. The molecule has 6 aromatic heterocycles. The summed E-state index contributed by atoms with van der Waals surface area (Å²) in [5.74, 6) is 5.01. The molecule has 8 aliphatic heterocycles. The van der Waals surface area contributed by atoms with Gasteiger partial charge >= 0.3 is 12.2 Å². The number of fused-ring (bicyclic) bond motifs is 4. The number of rotatable bonds is 20. The second-order valence-corrected chi connectivity index (χ2v) is 37.0. The van der Waals surface area contributed by atoms with Gasteiger partial charge in [0, 0.05) is 188 Å². The van der Waals surface area contributed by atoms with Crippen molar-refractivity contribution >= 4 is 46.5 Å². The number of ketones is 4. The fourth-order valence-electron chi connectivity index (χ4n) is 19.5. The number of aliphatic hydroxyl groups is 1. The molecule has 6 saturated heterocycles. The normalized spacial score (nSPS) is 16.5. The zero-order valence-electron chi connectivity index (χ0n) is 81.4. The summed E-state index contributed by atoms with van der Waals surface area (Å²) in [5.41, 5.74) is 17.5. The van der Waals surface area contributed by atoms with Gasteiger partial charge in [0.05, 0.1) is 39.0 Å². The second-order valence-electron chi connectivity index (χ2n) is 37.0. The van der Waals surface area contributed by atoms with E-state index in [4.69, 9.17) is 9.72 Å². The van der Waals surface area contributed by atoms with Gasteiger partial charge in [0.15, 0.2) is 17.5 Å². The topological polar surface area (TPSA) is 276 Å². The van der Waals surface area contributed by atoms with Crippen LogP contribution in [0.15, 0.2) is 255 Å². The number of aliphatic hydroxyl groups excluding tert-OH is 1. The molecule has 0 bridgehead atoms. The van der Waals surface area contributed by atoms with Crippen molar-refractivity contribution in [3.63, 3.8) is 0 Å². The molecule has 0 spiro atoms. The number of piperidine rings is 6. The summed E-state index contributed by atoms with van der Waals surface area (Å²) in [6, 6.07) is 59.0. The summed E-state index contributed by atoms with van der Waals surface area (Å²) >= 11 is 0. The molecule has 20 rings (SSSR count). The first kappa shape index (κ1) is 101. The Morgan fingerprint density at radius 3 is 1.17 bits per heavy atom. The van der Waals surface area contributed by atoms with E-state index in [0.717, 1.165) is 206 Å². The maximum atomic E-state index is 12.8. The first-order valence-corrected chi connectivity index (χ1v) is 49.5. The van der Waals surface area contributed by atoms with E-state index in [-0.39, 0.29) is 65.6 Å². The van der Waals surface area contributed by atoms with Crippen molar-refractivity contribution in [3.8, 4) is 0 Å². The van der Waals surface area contributed by atoms with Crippen LogP contribution in [0.2, 0.25) is 0 Å². The maximum Gasteiger partial charge on any atom is 0.409 e. The van der Waals surface area contributed by atoms with Crippen LogP contribution in [0.1, 0.15) is 178 Å². The fourth-order valence-corrected chi connectivity index (χ4v) is 19.5. The number of carbonyl (C=O) groups is 6. The molecule has 27 nitrogen and oxygen atoms in total. The van der Waals surface area contributed by atoms with E-state index in [1.807, 2.05) is 124 Å². The van der Waals surface area contributed by atoms with Gasteiger partial charge in [0.2, 0.25) is 17.3 Å². The molecule has 14 heterocycles. The number of amides is 2. The smallest absolute Gasteiger partial charge is 0.409 e. The minimum absolute atomic E-state index is 0.0503. The molecule has 0 aliphatic carbocycles. The lowest BCUT2D eigenvalue weighted by Gasteiger charge is -2.30. The third-order valence-electron chi connectivity index (χ3n) is 27.9. The number of ether oxygens (including phenoxy) is 2. The largest absolute Gasteiger partial charge is 0.453 e. The number of nitrogens with zero attached hydrogens (tertiary/aromatic N) is 17. The molecule has 0 atom stereocenters. The van der Waals surface area contributed by atoms with Gasteiger partial charge in [0.25, 0.3) is 0 Å². The maximum absolute atomic E-state index is 12.8. The summed E-state index contributed by atoms with van der Waals surface area (Å²) in [5, 5.41) is 12.9. The summed E-state index contributed by atoms with van der Waals surface area (Å²) in [6.07, 6.45) is 38.7. The molecule has 27 heteroatoms. The van der Waals surface area contributed by atoms with E-state index in [0.29, 0.717) is 56.5 Å². The van der Waals surface area contributed by atoms with Gasteiger partial charge in [-0.05, 0) is 214 Å². The number of hydrogen-bond donors (Lipinski definition) is 2. The Labute approximate surface area is 813 Å². The van der Waals surface area contributed by atoms with Gasteiger partial charge in [-0.3, -0.25) is 19.2 Å². The van der Waals surface area contributed by atoms with Crippen LogP contribution in [0.4, 0.5) is 9.59 Å². The van der Waals surface area contributed by atoms with Crippen LogP contribution in [0.3, 0.4) is 0 Å². The highest BCUT2D eigenvalue weighted by Gasteiger charge is 2.34. The number of aromatic nitrogens is 12. The van der Waals surface area contributed by atoms with Gasteiger partial charge < -0.3 is 71.8 Å². The van der Waals surface area contributed by atoms with Crippen LogP contribution >= 0.6 is 0 Å². The third kappa shape index (κ3) is 28.2. The van der Waals surface area contributed by atoms with Crippen molar-refractivity contribution in [2.45, 2.75) is 168 Å². The van der Waals surface area contributed by atoms with Crippen LogP contribution in [-0.4, -0.2) is 236 Å². The lowest BCUT2D eigenvalue weighted by atomic mass is 9.90. The SMILES string of the molecule is CN1CCC(=C2c3ccccc3CCn3c(CO)cnc32)CC1.CN1CCC(=C2c3ccccc3CCn3ccnc32)CC1.CN1CCC(C(=O)c2nccn2CCc2ccccc2)CC1.COC(=O)N1CCC(C(=O)c2nccn2CCc2ccccc2)CC1.COC(=O)N1CCC(C(C)=O)CC1.O=C(c1nccn1CCc1ccccc1)C1CCNCC1.c1ccc(CCn2ccnc2)cc1. The lowest BCUT2D eigenvalue weighted by molar-refractivity contribution is -0.122. The van der Waals surface area contributed by atoms with Gasteiger partial charge in [0.1, 0.15) is 17.4 Å². The van der Waals surface area contributed by atoms with E-state index < -0.39 is 0 Å². The molecule has 6 fully saturated rings. The number of carbonyl (C=O) groups excluding carboxylic acids is 6. The third-order valence-corrected chi connectivity index (χ3v) is 27.9. The molecule has 726 valence electrons. The van der Waals surface area contributed by atoms with Crippen LogP contribution in [0, 0.1) is 23.7 Å². The van der Waals surface area contributed by atoms with Crippen molar-refractivity contribution in [3.05, 3.63) is 335 Å². The average molecular weight is 1870 g/mol. The van der Waals surface area contributed by atoms with E-state index in [2.05, 4.69) is 200 Å². The molecule has 8 aliphatic rings. The minimum Gasteiger partial charge on any atom is -0.453 e. The van der Waals surface area contributed by atoms with Crippen LogP contribution in [0.5, 0.6) is 0 Å². The highest BCUT2D eigenvalue weighted by molar-refractivity contribution is 5.96. The molecule has 0 unspecified atom stereocenters. The van der Waals surface area contributed by atoms with Gasteiger partial charge in [-0.2, -0.15) is 0 Å². The molecule has 6 aromatic carbocycles. The van der Waals surface area contributed by atoms with Crippen LogP contribution < -0.4 is 5.32 Å². The predicted molar refractivity (Wildman–Crippen MR) is 539 cm³/mol. The van der Waals surface area contributed by atoms with Gasteiger partial charge in [-0.1, -0.05) is 181 Å². The molecular formula is C111H138N18O9. The van der Waals surface area contributed by atoms with Gasteiger partial charge in [-0.15, -0.1) is 0 Å². The summed E-state index contributed by atoms with van der Waals surface area (Å²) in [6.45, 7) is 17.7. The molecule has 138 heavy (non-hydrogen) atoms. The summed E-state index contributed by atoms with van der Waals surface area (Å²) in [7, 11) is 9.26. The van der Waals surface area contributed by atoms with Crippen molar-refractivity contribution in [2.75, 3.05) is 114 Å². The second kappa shape index (κ2) is 52.0. The molecular weight excluding hydrogens is 1730 g/mol. The van der Waals surface area contributed by atoms with Crippen LogP contribution in [0.25, 0.3) is 11.1 Å². The quantitative estimate of drug-likeness (QED) is 0.0671. The average Bonchev–Trinajstić information content (AvgIpc) is 1.62. The van der Waals surface area contributed by atoms with E-state index in [9.17, 15) is 33.9 Å². The number of likely N-dealkylation sites (tertiary alicyclic amines) is 5. The molecule has 0 radical (unpaired) electrons. The van der Waals surface area contributed by atoms with Crippen molar-refractivity contribution < 1.29 is 43.3 Å². The first-order valence-electron chi connectivity index (χ1n) is 49.5. The Bertz CT molecular complexity index is 5870. The van der Waals surface area contributed by atoms with E-state index in [1.54, 1.807) is 40.9 Å². The Morgan fingerprint density at radius 2 is 0.761 bits per heavy atom. The highest BCUT2D eigenvalue weighted by atomic mass is 16.5. The Balaban J connectivity index is 0.000000130.